The van der Waals surface area contributed by atoms with Gasteiger partial charge in [0.05, 0.1) is 0 Å². The van der Waals surface area contributed by atoms with E-state index in [0.717, 1.165) is 30.2 Å². The van der Waals surface area contributed by atoms with Crippen LogP contribution in [0.3, 0.4) is 0 Å². The Hall–Kier alpha value is 0.884. The molecule has 0 N–H and O–H groups in total. The van der Waals surface area contributed by atoms with Crippen molar-refractivity contribution < 1.29 is 30.2 Å². The molecule has 10 heavy (non-hydrogen) atoms. The Balaban J connectivity index is -0.0000000847. The van der Waals surface area contributed by atoms with Gasteiger partial charge in [-0.3, -0.25) is 0 Å². The third kappa shape index (κ3) is 707. The van der Waals surface area contributed by atoms with E-state index in [1.54, 1.807) is 0 Å². The minimum atomic E-state index is 0.500. The van der Waals surface area contributed by atoms with Crippen LogP contribution < -0.4 is 0 Å². The van der Waals surface area contributed by atoms with Crippen molar-refractivity contribution in [3.8, 4) is 3.09 Å². The van der Waals surface area contributed by atoms with Crippen LogP contribution in [0.5, 0.6) is 0 Å². The van der Waals surface area contributed by atoms with Gasteiger partial charge in [-0.1, -0.05) is 48.0 Å². The molecule has 0 aromatic carbocycles. The molecule has 0 aromatic rings. The minimum absolute atomic E-state index is 0.500. The van der Waals surface area contributed by atoms with E-state index in [1.807, 2.05) is 0 Å². The van der Waals surface area contributed by atoms with Crippen LogP contribution in [-0.2, 0) is 30.2 Å². The molecule has 0 spiro atoms. The first kappa shape index (κ1) is 17.1. The van der Waals surface area contributed by atoms with Crippen molar-refractivity contribution >= 4 is 0 Å². The van der Waals surface area contributed by atoms with E-state index in [4.69, 9.17) is 0 Å². The Morgan fingerprint density at radius 1 is 1.00 bits per heavy atom. The van der Waals surface area contributed by atoms with Crippen LogP contribution in [0.4, 0.5) is 0 Å². The molecule has 1 heteroatoms. The predicted molar refractivity (Wildman–Crippen MR) is 46.0 cm³/mol. The van der Waals surface area contributed by atoms with Crippen molar-refractivity contribution in [2.45, 2.75) is 48.0 Å². The summed E-state index contributed by atoms with van der Waals surface area (Å²) in [5.74, 6) is 0. The van der Waals surface area contributed by atoms with Gasteiger partial charge in [-0.2, -0.15) is 0 Å². The molecule has 0 aliphatic rings. The summed E-state index contributed by atoms with van der Waals surface area (Å²) in [5, 5.41) is 0. The van der Waals surface area contributed by atoms with E-state index in [2.05, 4.69) is 44.6 Å². The van der Waals surface area contributed by atoms with E-state index in [9.17, 15) is 0 Å². The number of hydrogen-bond donors (Lipinski definition) is 0. The van der Waals surface area contributed by atoms with Gasteiger partial charge in [0.15, 0.2) is 0 Å². The quantitative estimate of drug-likeness (QED) is 0.582. The zero-order chi connectivity index (χ0) is 9.21. The second-order valence-electron chi connectivity index (χ2n) is 3.71. The third-order valence-corrected chi connectivity index (χ3v) is 0. The van der Waals surface area contributed by atoms with Gasteiger partial charge in [-0.25, -0.2) is 0 Å². The molecule has 0 rings (SSSR count). The molecule has 0 fully saturated rings. The van der Waals surface area contributed by atoms with Crippen molar-refractivity contribution in [1.29, 1.82) is 0 Å². The standard InChI is InChI=1S/C5H12.C3H8.CH.Y/c1-5(2,3)4;1-3-2;;/h1-4H3;3H2,1-2H3;1H;. The summed E-state index contributed by atoms with van der Waals surface area (Å²) in [5.41, 5.74) is 0.500. The Kier molecular flexibility index (Phi) is 21.5. The summed E-state index contributed by atoms with van der Waals surface area (Å²) >= 11 is 0.850. The first-order valence-corrected chi connectivity index (χ1v) is 5.39. The van der Waals surface area contributed by atoms with Crippen molar-refractivity contribution in [2.24, 2.45) is 5.41 Å². The summed E-state index contributed by atoms with van der Waals surface area (Å²) in [6.45, 7) is 13.0. The van der Waals surface area contributed by atoms with E-state index in [-0.39, 0.29) is 0 Å². The maximum atomic E-state index is 4.63. The first-order chi connectivity index (χ1) is 4.41. The zero-order valence-electron chi connectivity index (χ0n) is 8.36. The summed E-state index contributed by atoms with van der Waals surface area (Å²) in [6, 6.07) is 0. The van der Waals surface area contributed by atoms with E-state index < -0.39 is 0 Å². The summed E-state index contributed by atoms with van der Waals surface area (Å²) in [6.07, 6.45) is 1.25. The van der Waals surface area contributed by atoms with Crippen LogP contribution in [0.15, 0.2) is 0 Å². The van der Waals surface area contributed by atoms with Crippen LogP contribution >= 0.6 is 0 Å². The topological polar surface area (TPSA) is 0 Å². The number of hydrogen-bond acceptors (Lipinski definition) is 0. The van der Waals surface area contributed by atoms with Gasteiger partial charge >= 0.3 is 33.3 Å². The Morgan fingerprint density at radius 3 is 1.00 bits per heavy atom. The van der Waals surface area contributed by atoms with Crippen molar-refractivity contribution in [3.63, 3.8) is 0 Å². The molecule has 0 aliphatic heterocycles. The van der Waals surface area contributed by atoms with Gasteiger partial charge in [0, 0.05) is 0 Å². The monoisotopic (exact) mass is 218 g/mol. The molecule has 0 amide bonds. The summed E-state index contributed by atoms with van der Waals surface area (Å²) in [4.78, 5) is 0. The van der Waals surface area contributed by atoms with Crippen molar-refractivity contribution in [2.75, 3.05) is 0 Å². The molecule has 0 aliphatic carbocycles. The number of rotatable bonds is 0. The molecule has 0 atom stereocenters. The van der Waals surface area contributed by atoms with Gasteiger partial charge in [0.2, 0.25) is 0 Å². The molecule has 0 saturated carbocycles. The predicted octanol–water partition coefficient (Wildman–Crippen LogP) is 3.59. The first-order valence-electron chi connectivity index (χ1n) is 3.75. The molecule has 60 valence electrons. The molecule has 0 saturated heterocycles. The molecule has 0 aromatic heterocycles. The second kappa shape index (κ2) is 12.6. The average Bonchev–Trinajstić information content (AvgIpc) is 1.68. The van der Waals surface area contributed by atoms with Gasteiger partial charge in [0.25, 0.3) is 0 Å². The van der Waals surface area contributed by atoms with Crippen molar-refractivity contribution in [1.82, 2.24) is 0 Å². The average molecular weight is 218 g/mol. The van der Waals surface area contributed by atoms with Gasteiger partial charge in [-0.05, 0) is 5.41 Å². The Labute approximate surface area is 86.2 Å². The fourth-order valence-electron chi connectivity index (χ4n) is 0. The molecule has 0 heterocycles. The molecule has 0 nitrogen and oxygen atoms in total. The molecule has 0 bridgehead atoms. The van der Waals surface area contributed by atoms with Gasteiger partial charge < -0.3 is 0 Å². The normalized spacial score (nSPS) is 8.30. The van der Waals surface area contributed by atoms with Crippen molar-refractivity contribution in [3.05, 3.63) is 0 Å². The van der Waals surface area contributed by atoms with Crippen LogP contribution in [0.25, 0.3) is 0 Å². The van der Waals surface area contributed by atoms with E-state index >= 15 is 0 Å². The third-order valence-electron chi connectivity index (χ3n) is 0. The van der Waals surface area contributed by atoms with E-state index in [1.165, 1.54) is 6.42 Å². The summed E-state index contributed by atoms with van der Waals surface area (Å²) in [7, 11) is 0. The SMILES string of the molecule is CC(C)(C)C.CCC.[CH]#[Y]. The Bertz CT molecular complexity index is 50.9. The fraction of sp³-hybridized carbons (Fsp3) is 0.889. The van der Waals surface area contributed by atoms with Crippen LogP contribution in [0.2, 0.25) is 0 Å². The summed E-state index contributed by atoms with van der Waals surface area (Å²) < 4.78 is 4.63. The van der Waals surface area contributed by atoms with Gasteiger partial charge in [0.1, 0.15) is 0 Å². The zero-order valence-corrected chi connectivity index (χ0v) is 11.2. The van der Waals surface area contributed by atoms with Gasteiger partial charge in [-0.15, -0.1) is 0 Å². The Morgan fingerprint density at radius 2 is 1.00 bits per heavy atom. The molecular weight excluding hydrogens is 197 g/mol. The van der Waals surface area contributed by atoms with E-state index in [0.29, 0.717) is 5.41 Å². The fourth-order valence-corrected chi connectivity index (χ4v) is 0. The van der Waals surface area contributed by atoms with Crippen LogP contribution in [0, 0.1) is 8.51 Å². The molecular formula is C9H21Y. The second-order valence-corrected chi connectivity index (χ2v) is 3.71. The molecule has 0 radical (unpaired) electrons. The maximum absolute atomic E-state index is 4.63. The van der Waals surface area contributed by atoms with Crippen LogP contribution in [0.1, 0.15) is 48.0 Å². The molecule has 0 unspecified atom stereocenters. The van der Waals surface area contributed by atoms with Crippen LogP contribution in [-0.4, -0.2) is 0 Å².